The lowest BCUT2D eigenvalue weighted by atomic mass is 10.2. The van der Waals surface area contributed by atoms with Gasteiger partial charge in [-0.2, -0.15) is 0 Å². The van der Waals surface area contributed by atoms with Crippen molar-refractivity contribution >= 4 is 12.1 Å². The van der Waals surface area contributed by atoms with E-state index in [0.717, 1.165) is 0 Å². The van der Waals surface area contributed by atoms with Crippen molar-refractivity contribution in [1.82, 2.24) is 5.32 Å². The third kappa shape index (κ3) is 5.55. The Morgan fingerprint density at radius 1 is 1.31 bits per heavy atom. The molecule has 0 unspecified atom stereocenters. The highest BCUT2D eigenvalue weighted by atomic mass is 16.6. The van der Waals surface area contributed by atoms with Crippen LogP contribution in [-0.2, 0) is 14.3 Å². The van der Waals surface area contributed by atoms with Crippen LogP contribution in [0, 0.1) is 0 Å². The topological polar surface area (TPSA) is 84.9 Å². The Bertz CT molecular complexity index is 258. The molecule has 0 heterocycles. The molecule has 0 aromatic rings. The minimum Gasteiger partial charge on any atom is -0.480 e. The Hall–Kier alpha value is -1.30. The van der Waals surface area contributed by atoms with Crippen molar-refractivity contribution in [3.63, 3.8) is 0 Å². The van der Waals surface area contributed by atoms with E-state index in [2.05, 4.69) is 5.32 Å². The first-order valence-corrected chi connectivity index (χ1v) is 4.92. The largest absolute Gasteiger partial charge is 0.480 e. The van der Waals surface area contributed by atoms with Gasteiger partial charge < -0.3 is 19.9 Å². The molecule has 0 spiro atoms. The fourth-order valence-electron chi connectivity index (χ4n) is 0.950. The molecule has 0 aromatic carbocycles. The third-order valence-corrected chi connectivity index (χ3v) is 1.78. The van der Waals surface area contributed by atoms with Gasteiger partial charge in [-0.3, -0.25) is 0 Å². The summed E-state index contributed by atoms with van der Waals surface area (Å²) in [6.45, 7) is 6.64. The van der Waals surface area contributed by atoms with Gasteiger partial charge in [-0.15, -0.1) is 0 Å². The number of carboxylic acid groups (broad SMARTS) is 1. The molecule has 1 amide bonds. The van der Waals surface area contributed by atoms with E-state index < -0.39 is 29.8 Å². The van der Waals surface area contributed by atoms with Gasteiger partial charge in [0, 0.05) is 7.11 Å². The number of carbonyl (C=O) groups is 2. The van der Waals surface area contributed by atoms with E-state index in [9.17, 15) is 9.59 Å². The average molecular weight is 233 g/mol. The van der Waals surface area contributed by atoms with E-state index in [4.69, 9.17) is 14.6 Å². The van der Waals surface area contributed by atoms with Gasteiger partial charge >= 0.3 is 12.1 Å². The van der Waals surface area contributed by atoms with Crippen molar-refractivity contribution < 1.29 is 24.2 Å². The van der Waals surface area contributed by atoms with Crippen molar-refractivity contribution in [3.05, 3.63) is 0 Å². The number of amides is 1. The van der Waals surface area contributed by atoms with E-state index in [1.807, 2.05) is 0 Å². The molecule has 6 nitrogen and oxygen atoms in total. The number of aliphatic carboxylic acids is 1. The third-order valence-electron chi connectivity index (χ3n) is 1.78. The van der Waals surface area contributed by atoms with Gasteiger partial charge in [0.05, 0.1) is 6.10 Å². The van der Waals surface area contributed by atoms with E-state index in [-0.39, 0.29) is 0 Å². The number of rotatable bonds is 4. The van der Waals surface area contributed by atoms with Crippen LogP contribution in [0.5, 0.6) is 0 Å². The van der Waals surface area contributed by atoms with Crippen LogP contribution in [0.4, 0.5) is 4.79 Å². The summed E-state index contributed by atoms with van der Waals surface area (Å²) in [6, 6.07) is -1.13. The number of carbonyl (C=O) groups excluding carboxylic acids is 1. The predicted molar refractivity (Wildman–Crippen MR) is 57.3 cm³/mol. The van der Waals surface area contributed by atoms with Gasteiger partial charge in [0.25, 0.3) is 0 Å². The summed E-state index contributed by atoms with van der Waals surface area (Å²) < 4.78 is 9.80. The molecule has 0 aliphatic rings. The smallest absolute Gasteiger partial charge is 0.408 e. The van der Waals surface area contributed by atoms with Gasteiger partial charge in [-0.25, -0.2) is 9.59 Å². The lowest BCUT2D eigenvalue weighted by Crippen LogP contribution is -2.49. The summed E-state index contributed by atoms with van der Waals surface area (Å²) in [4.78, 5) is 22.2. The first-order chi connectivity index (χ1) is 7.17. The van der Waals surface area contributed by atoms with Crippen molar-refractivity contribution in [2.75, 3.05) is 7.11 Å². The fourth-order valence-corrected chi connectivity index (χ4v) is 0.950. The summed E-state index contributed by atoms with van der Waals surface area (Å²) in [5.41, 5.74) is -0.663. The molecule has 0 aliphatic carbocycles. The van der Waals surface area contributed by atoms with E-state index in [0.29, 0.717) is 0 Å². The molecule has 6 heteroatoms. The fraction of sp³-hybridized carbons (Fsp3) is 0.800. The first kappa shape index (κ1) is 14.7. The molecule has 16 heavy (non-hydrogen) atoms. The van der Waals surface area contributed by atoms with Crippen molar-refractivity contribution in [1.29, 1.82) is 0 Å². The molecular weight excluding hydrogens is 214 g/mol. The Balaban J connectivity index is 4.42. The molecule has 0 radical (unpaired) electrons. The quantitative estimate of drug-likeness (QED) is 0.756. The maximum atomic E-state index is 11.3. The highest BCUT2D eigenvalue weighted by molar-refractivity contribution is 5.80. The van der Waals surface area contributed by atoms with Gasteiger partial charge in [0.2, 0.25) is 0 Å². The molecule has 0 saturated heterocycles. The summed E-state index contributed by atoms with van der Waals surface area (Å²) in [6.07, 6.45) is -1.41. The molecule has 0 rings (SSSR count). The van der Waals surface area contributed by atoms with Crippen LogP contribution in [0.25, 0.3) is 0 Å². The van der Waals surface area contributed by atoms with Crippen molar-refractivity contribution in [2.45, 2.75) is 45.4 Å². The van der Waals surface area contributed by atoms with Crippen LogP contribution < -0.4 is 5.32 Å². The minimum atomic E-state index is -1.17. The standard InChI is InChI=1S/C10H19NO5/c1-6(15-5)7(8(12)13)11-9(14)16-10(2,3)4/h6-7H,1-5H3,(H,11,14)(H,12,13)/t6-,7+/m1/s1. The Morgan fingerprint density at radius 2 is 1.81 bits per heavy atom. The zero-order valence-corrected chi connectivity index (χ0v) is 10.2. The van der Waals surface area contributed by atoms with Crippen LogP contribution in [0.3, 0.4) is 0 Å². The van der Waals surface area contributed by atoms with Crippen molar-refractivity contribution in [3.8, 4) is 0 Å². The summed E-state index contributed by atoms with van der Waals surface area (Å²) in [7, 11) is 1.37. The maximum absolute atomic E-state index is 11.3. The summed E-state index contributed by atoms with van der Waals surface area (Å²) in [5, 5.41) is 11.1. The second-order valence-corrected chi connectivity index (χ2v) is 4.40. The number of methoxy groups -OCH3 is 1. The zero-order valence-electron chi connectivity index (χ0n) is 10.2. The lowest BCUT2D eigenvalue weighted by molar-refractivity contribution is -0.142. The molecule has 2 N–H and O–H groups in total. The number of hydrogen-bond donors (Lipinski definition) is 2. The van der Waals surface area contributed by atoms with E-state index >= 15 is 0 Å². The Labute approximate surface area is 94.9 Å². The number of alkyl carbamates (subject to hydrolysis) is 1. The van der Waals surface area contributed by atoms with Crippen LogP contribution >= 0.6 is 0 Å². The minimum absolute atomic E-state index is 0.634. The highest BCUT2D eigenvalue weighted by Crippen LogP contribution is 2.07. The van der Waals surface area contributed by atoms with Crippen LogP contribution in [0.15, 0.2) is 0 Å². The van der Waals surface area contributed by atoms with Crippen LogP contribution in [-0.4, -0.2) is 42.0 Å². The highest BCUT2D eigenvalue weighted by Gasteiger charge is 2.28. The number of ether oxygens (including phenoxy) is 2. The zero-order chi connectivity index (χ0) is 12.9. The number of hydrogen-bond acceptors (Lipinski definition) is 4. The Kier molecular flexibility index (Phi) is 5.23. The predicted octanol–water partition coefficient (Wildman–Crippen LogP) is 0.999. The molecule has 0 saturated carbocycles. The Morgan fingerprint density at radius 3 is 2.12 bits per heavy atom. The molecule has 0 aromatic heterocycles. The average Bonchev–Trinajstić information content (AvgIpc) is 2.09. The molecule has 0 fully saturated rings. The van der Waals surface area contributed by atoms with Gasteiger partial charge in [-0.1, -0.05) is 0 Å². The molecular formula is C10H19NO5. The summed E-state index contributed by atoms with van der Waals surface area (Å²) >= 11 is 0. The first-order valence-electron chi connectivity index (χ1n) is 4.92. The van der Waals surface area contributed by atoms with Crippen molar-refractivity contribution in [2.24, 2.45) is 0 Å². The monoisotopic (exact) mass is 233 g/mol. The maximum Gasteiger partial charge on any atom is 0.408 e. The second kappa shape index (κ2) is 5.69. The molecule has 0 bridgehead atoms. The van der Waals surface area contributed by atoms with Crippen LogP contribution in [0.1, 0.15) is 27.7 Å². The van der Waals surface area contributed by atoms with E-state index in [1.54, 1.807) is 27.7 Å². The van der Waals surface area contributed by atoms with Gasteiger partial charge in [0.15, 0.2) is 6.04 Å². The number of nitrogens with one attached hydrogen (secondary N) is 1. The van der Waals surface area contributed by atoms with E-state index in [1.165, 1.54) is 7.11 Å². The molecule has 94 valence electrons. The second-order valence-electron chi connectivity index (χ2n) is 4.40. The normalized spacial score (nSPS) is 15.1. The lowest BCUT2D eigenvalue weighted by Gasteiger charge is -2.24. The SMILES string of the molecule is CO[C@H](C)[C@H](NC(=O)OC(C)(C)C)C(=O)O. The van der Waals surface area contributed by atoms with Crippen LogP contribution in [0.2, 0.25) is 0 Å². The van der Waals surface area contributed by atoms with Gasteiger partial charge in [0.1, 0.15) is 5.60 Å². The molecule has 2 atom stereocenters. The number of carboxylic acids is 1. The van der Waals surface area contributed by atoms with Gasteiger partial charge in [-0.05, 0) is 27.7 Å². The molecule has 0 aliphatic heterocycles. The summed E-state index contributed by atoms with van der Waals surface area (Å²) in [5.74, 6) is -1.17.